The van der Waals surface area contributed by atoms with Crippen LogP contribution in [0.3, 0.4) is 0 Å². The molecule has 2 aromatic rings. The van der Waals surface area contributed by atoms with Gasteiger partial charge >= 0.3 is 5.97 Å². The number of hydrogen-bond donors (Lipinski definition) is 0. The molecule has 0 spiro atoms. The monoisotopic (exact) mass is 266 g/mol. The molecule has 1 saturated heterocycles. The summed E-state index contributed by atoms with van der Waals surface area (Å²) in [7, 11) is 0. The van der Waals surface area contributed by atoms with Crippen molar-refractivity contribution in [3.63, 3.8) is 0 Å². The summed E-state index contributed by atoms with van der Waals surface area (Å²) < 4.78 is 5.81. The van der Waals surface area contributed by atoms with Crippen molar-refractivity contribution in [3.8, 4) is 0 Å². The Balaban J connectivity index is 2.10. The molecular weight excluding hydrogens is 248 g/mol. The van der Waals surface area contributed by atoms with Gasteiger partial charge in [0.25, 0.3) is 0 Å². The Morgan fingerprint density at radius 3 is 2.25 bits per heavy atom. The maximum Gasteiger partial charge on any atom is 0.307 e. The van der Waals surface area contributed by atoms with Gasteiger partial charge in [-0.15, -0.1) is 0 Å². The van der Waals surface area contributed by atoms with Crippen molar-refractivity contribution in [1.29, 1.82) is 0 Å². The van der Waals surface area contributed by atoms with Crippen LogP contribution in [0, 0.1) is 0 Å². The zero-order chi connectivity index (χ0) is 14.0. The molecule has 0 saturated carbocycles. The summed E-state index contributed by atoms with van der Waals surface area (Å²) in [6.45, 7) is 2.08. The summed E-state index contributed by atoms with van der Waals surface area (Å²) >= 11 is 0. The van der Waals surface area contributed by atoms with Gasteiger partial charge in [-0.1, -0.05) is 67.6 Å². The third kappa shape index (κ3) is 2.01. The maximum absolute atomic E-state index is 12.0. The van der Waals surface area contributed by atoms with E-state index in [1.54, 1.807) is 0 Å². The summed E-state index contributed by atoms with van der Waals surface area (Å²) in [5.74, 6) is -0.0202. The zero-order valence-corrected chi connectivity index (χ0v) is 11.6. The fourth-order valence-electron chi connectivity index (χ4n) is 3.22. The zero-order valence-electron chi connectivity index (χ0n) is 11.6. The highest BCUT2D eigenvalue weighted by Gasteiger charge is 2.49. The maximum atomic E-state index is 12.0. The van der Waals surface area contributed by atoms with Crippen LogP contribution in [0.4, 0.5) is 0 Å². The Kier molecular flexibility index (Phi) is 3.31. The van der Waals surface area contributed by atoms with Gasteiger partial charge in [-0.2, -0.15) is 0 Å². The highest BCUT2D eigenvalue weighted by Crippen LogP contribution is 2.49. The van der Waals surface area contributed by atoms with Crippen molar-refractivity contribution in [2.24, 2.45) is 0 Å². The molecule has 102 valence electrons. The van der Waals surface area contributed by atoms with Gasteiger partial charge in [0.2, 0.25) is 0 Å². The Labute approximate surface area is 119 Å². The van der Waals surface area contributed by atoms with Crippen LogP contribution in [0.5, 0.6) is 0 Å². The van der Waals surface area contributed by atoms with E-state index in [0.717, 1.165) is 12.0 Å². The predicted octanol–water partition coefficient (Wildman–Crippen LogP) is 4.02. The lowest BCUT2D eigenvalue weighted by atomic mass is 9.76. The lowest BCUT2D eigenvalue weighted by Crippen LogP contribution is -2.30. The van der Waals surface area contributed by atoms with E-state index in [-0.39, 0.29) is 11.9 Å². The van der Waals surface area contributed by atoms with Gasteiger partial charge in [-0.25, -0.2) is 0 Å². The first-order valence-corrected chi connectivity index (χ1v) is 7.08. The van der Waals surface area contributed by atoms with E-state index in [0.29, 0.717) is 6.42 Å². The summed E-state index contributed by atoms with van der Waals surface area (Å²) in [5, 5.41) is 0. The molecule has 2 heteroatoms. The van der Waals surface area contributed by atoms with E-state index in [4.69, 9.17) is 4.74 Å². The lowest BCUT2D eigenvalue weighted by Gasteiger charge is -2.33. The quantitative estimate of drug-likeness (QED) is 0.784. The number of esters is 1. The summed E-state index contributed by atoms with van der Waals surface area (Å²) in [6.07, 6.45) is 1.23. The third-order valence-corrected chi connectivity index (χ3v) is 4.22. The number of carbonyl (C=O) groups excluding carboxylic acids is 1. The first-order valence-electron chi connectivity index (χ1n) is 7.08. The van der Waals surface area contributed by atoms with Gasteiger partial charge in [0.15, 0.2) is 0 Å². The van der Waals surface area contributed by atoms with Crippen molar-refractivity contribution >= 4 is 5.97 Å². The van der Waals surface area contributed by atoms with Gasteiger partial charge in [0.1, 0.15) is 5.60 Å². The first kappa shape index (κ1) is 12.9. The topological polar surface area (TPSA) is 26.3 Å². The van der Waals surface area contributed by atoms with E-state index >= 15 is 0 Å². The third-order valence-electron chi connectivity index (χ3n) is 4.22. The van der Waals surface area contributed by atoms with E-state index in [1.165, 1.54) is 5.56 Å². The molecule has 1 aliphatic rings. The Morgan fingerprint density at radius 2 is 1.65 bits per heavy atom. The van der Waals surface area contributed by atoms with Crippen LogP contribution in [0.1, 0.15) is 36.8 Å². The van der Waals surface area contributed by atoms with Crippen molar-refractivity contribution < 1.29 is 9.53 Å². The molecule has 1 fully saturated rings. The van der Waals surface area contributed by atoms with Gasteiger partial charge in [0, 0.05) is 5.92 Å². The van der Waals surface area contributed by atoms with Crippen LogP contribution >= 0.6 is 0 Å². The van der Waals surface area contributed by atoms with Crippen LogP contribution in [0.15, 0.2) is 60.7 Å². The normalized spacial score (nSPS) is 25.4. The van der Waals surface area contributed by atoms with Crippen molar-refractivity contribution in [2.75, 3.05) is 0 Å². The molecule has 3 rings (SSSR count). The number of ether oxygens (including phenoxy) is 1. The average molecular weight is 266 g/mol. The molecule has 0 N–H and O–H groups in total. The standard InChI is InChI=1S/C18H18O2/c1-2-18(15-11-7-4-8-12-15)16(13-17(19)20-18)14-9-5-3-6-10-14/h3-12,16H,2,13H2,1H3/t16-,18+/m0/s1. The fourth-order valence-corrected chi connectivity index (χ4v) is 3.22. The molecule has 2 aromatic carbocycles. The number of cyclic esters (lactones) is 1. The van der Waals surface area contributed by atoms with Crippen molar-refractivity contribution in [3.05, 3.63) is 71.8 Å². The first-order chi connectivity index (χ1) is 9.76. The minimum absolute atomic E-state index is 0.0867. The number of carbonyl (C=O) groups is 1. The molecule has 0 aromatic heterocycles. The van der Waals surface area contributed by atoms with Crippen molar-refractivity contribution in [2.45, 2.75) is 31.3 Å². The van der Waals surface area contributed by atoms with E-state index in [1.807, 2.05) is 36.4 Å². The Bertz CT molecular complexity index is 591. The van der Waals surface area contributed by atoms with Gasteiger partial charge < -0.3 is 4.74 Å². The van der Waals surface area contributed by atoms with Gasteiger partial charge in [-0.3, -0.25) is 4.79 Å². The molecule has 1 aliphatic heterocycles. The van der Waals surface area contributed by atoms with Gasteiger partial charge in [-0.05, 0) is 17.5 Å². The molecule has 20 heavy (non-hydrogen) atoms. The minimum Gasteiger partial charge on any atom is -0.453 e. The lowest BCUT2D eigenvalue weighted by molar-refractivity contribution is -0.150. The molecular formula is C18H18O2. The highest BCUT2D eigenvalue weighted by molar-refractivity contribution is 5.75. The van der Waals surface area contributed by atoms with Crippen LogP contribution in [0.2, 0.25) is 0 Å². The molecule has 0 aliphatic carbocycles. The van der Waals surface area contributed by atoms with Gasteiger partial charge in [0.05, 0.1) is 6.42 Å². The van der Waals surface area contributed by atoms with Crippen LogP contribution in [-0.4, -0.2) is 5.97 Å². The second kappa shape index (κ2) is 5.12. The largest absolute Gasteiger partial charge is 0.453 e. The van der Waals surface area contributed by atoms with E-state index < -0.39 is 5.60 Å². The van der Waals surface area contributed by atoms with Crippen molar-refractivity contribution in [1.82, 2.24) is 0 Å². The second-order valence-electron chi connectivity index (χ2n) is 5.25. The molecule has 0 unspecified atom stereocenters. The SMILES string of the molecule is CC[C@]1(c2ccccc2)OC(=O)C[C@H]1c1ccccc1. The van der Waals surface area contributed by atoms with E-state index in [2.05, 4.69) is 31.2 Å². The molecule has 0 radical (unpaired) electrons. The fraction of sp³-hybridized carbons (Fsp3) is 0.278. The molecule has 0 bridgehead atoms. The number of benzene rings is 2. The van der Waals surface area contributed by atoms with Crippen LogP contribution < -0.4 is 0 Å². The number of hydrogen-bond acceptors (Lipinski definition) is 2. The van der Waals surface area contributed by atoms with E-state index in [9.17, 15) is 4.79 Å². The highest BCUT2D eigenvalue weighted by atomic mass is 16.6. The smallest absolute Gasteiger partial charge is 0.307 e. The summed E-state index contributed by atoms with van der Waals surface area (Å²) in [4.78, 5) is 12.0. The Morgan fingerprint density at radius 1 is 1.05 bits per heavy atom. The second-order valence-corrected chi connectivity index (χ2v) is 5.25. The summed E-state index contributed by atoms with van der Waals surface area (Å²) in [6, 6.07) is 20.3. The molecule has 2 atom stereocenters. The Hall–Kier alpha value is -2.09. The predicted molar refractivity (Wildman–Crippen MR) is 78.3 cm³/mol. The molecule has 2 nitrogen and oxygen atoms in total. The average Bonchev–Trinajstić information content (AvgIpc) is 2.87. The number of rotatable bonds is 3. The summed E-state index contributed by atoms with van der Waals surface area (Å²) in [5.41, 5.74) is 1.73. The van der Waals surface area contributed by atoms with Crippen LogP contribution in [0.25, 0.3) is 0 Å². The minimum atomic E-state index is -0.528. The van der Waals surface area contributed by atoms with Crippen LogP contribution in [-0.2, 0) is 15.1 Å². The molecule has 0 amide bonds. The molecule has 1 heterocycles.